The van der Waals surface area contributed by atoms with Crippen LogP contribution >= 0.6 is 0 Å². The van der Waals surface area contributed by atoms with Gasteiger partial charge in [-0.15, -0.1) is 0 Å². The number of aromatic amines is 1. The van der Waals surface area contributed by atoms with Gasteiger partial charge in [0.15, 0.2) is 0 Å². The van der Waals surface area contributed by atoms with E-state index in [0.29, 0.717) is 11.9 Å². The number of imidazole rings is 2. The van der Waals surface area contributed by atoms with Gasteiger partial charge in [-0.2, -0.15) is 0 Å². The lowest BCUT2D eigenvalue weighted by atomic mass is 10.8. The molecule has 0 aliphatic carbocycles. The Hall–Kier alpha value is -1.98. The van der Waals surface area contributed by atoms with Crippen molar-refractivity contribution in [2.75, 3.05) is 14.2 Å². The summed E-state index contributed by atoms with van der Waals surface area (Å²) in [5, 5.41) is 0. The first-order valence-corrected chi connectivity index (χ1v) is 4.31. The maximum absolute atomic E-state index is 4.80. The molecule has 6 heteroatoms. The van der Waals surface area contributed by atoms with Crippen LogP contribution in [0.25, 0.3) is 0 Å². The van der Waals surface area contributed by atoms with Gasteiger partial charge in [0.05, 0.1) is 26.7 Å². The van der Waals surface area contributed by atoms with E-state index in [1.807, 2.05) is 11.6 Å². The van der Waals surface area contributed by atoms with E-state index >= 15 is 0 Å². The van der Waals surface area contributed by atoms with Gasteiger partial charge in [0, 0.05) is 19.4 Å². The highest BCUT2D eigenvalue weighted by Crippen LogP contribution is 2.00. The molecule has 0 fully saturated rings. The second kappa shape index (κ2) is 5.69. The van der Waals surface area contributed by atoms with Crippen LogP contribution in [-0.4, -0.2) is 33.7 Å². The predicted molar refractivity (Wildman–Crippen MR) is 54.9 cm³/mol. The van der Waals surface area contributed by atoms with Crippen LogP contribution < -0.4 is 9.47 Å². The third kappa shape index (κ3) is 3.72. The van der Waals surface area contributed by atoms with Crippen molar-refractivity contribution >= 4 is 0 Å². The van der Waals surface area contributed by atoms with Crippen molar-refractivity contribution in [3.63, 3.8) is 0 Å². The molecule has 0 bridgehead atoms. The van der Waals surface area contributed by atoms with E-state index in [-0.39, 0.29) is 0 Å². The van der Waals surface area contributed by atoms with Crippen molar-refractivity contribution < 1.29 is 9.47 Å². The fourth-order valence-corrected chi connectivity index (χ4v) is 0.857. The molecule has 0 unspecified atom stereocenters. The summed E-state index contributed by atoms with van der Waals surface area (Å²) in [5.74, 6) is 0.660. The molecule has 0 aromatic carbocycles. The largest absolute Gasteiger partial charge is 0.480 e. The molecule has 2 aromatic heterocycles. The molecule has 2 rings (SSSR count). The van der Waals surface area contributed by atoms with Crippen LogP contribution in [0.5, 0.6) is 11.9 Å². The molecule has 2 heterocycles. The Morgan fingerprint density at radius 1 is 1.27 bits per heavy atom. The summed E-state index contributed by atoms with van der Waals surface area (Å²) < 4.78 is 11.3. The fourth-order valence-electron chi connectivity index (χ4n) is 0.857. The number of aromatic nitrogens is 4. The number of nitrogens with one attached hydrogen (secondary N) is 1. The minimum Gasteiger partial charge on any atom is -0.480 e. The van der Waals surface area contributed by atoms with E-state index in [2.05, 4.69) is 19.7 Å². The first kappa shape index (κ1) is 11.1. The van der Waals surface area contributed by atoms with Gasteiger partial charge in [-0.1, -0.05) is 0 Å². The fraction of sp³-hybridized carbons (Fsp3) is 0.333. The molecule has 0 saturated heterocycles. The molecule has 0 saturated carbocycles. The van der Waals surface area contributed by atoms with Gasteiger partial charge in [-0.3, -0.25) is 0 Å². The second-order valence-corrected chi connectivity index (χ2v) is 2.68. The molecular formula is C9H14N4O2. The lowest BCUT2D eigenvalue weighted by Gasteiger charge is -1.86. The van der Waals surface area contributed by atoms with Crippen molar-refractivity contribution in [2.24, 2.45) is 7.05 Å². The molecule has 0 aliphatic rings. The first-order chi connectivity index (χ1) is 7.26. The van der Waals surface area contributed by atoms with Crippen LogP contribution in [0.2, 0.25) is 0 Å². The third-order valence-corrected chi connectivity index (χ3v) is 1.56. The van der Waals surface area contributed by atoms with Crippen molar-refractivity contribution in [1.29, 1.82) is 0 Å². The molecule has 15 heavy (non-hydrogen) atoms. The number of hydrogen-bond donors (Lipinski definition) is 1. The standard InChI is InChI=1S/C5H8N2O.C4H6N2O/c1-7-3-5(8-2)6-4-7;1-7-4-5-2-3-6-4/h3-4H,1-2H3;2-3H,1H3,(H,5,6). The third-order valence-electron chi connectivity index (χ3n) is 1.56. The Labute approximate surface area is 87.9 Å². The first-order valence-electron chi connectivity index (χ1n) is 4.31. The van der Waals surface area contributed by atoms with Crippen LogP contribution in [0, 0.1) is 0 Å². The number of nitrogens with zero attached hydrogens (tertiary/aromatic N) is 3. The minimum atomic E-state index is 0.556. The van der Waals surface area contributed by atoms with Crippen molar-refractivity contribution in [2.45, 2.75) is 0 Å². The quantitative estimate of drug-likeness (QED) is 0.798. The SMILES string of the molecule is COc1cn(C)cn1.COc1ncc[nH]1. The average Bonchev–Trinajstić information content (AvgIpc) is 2.88. The predicted octanol–water partition coefficient (Wildman–Crippen LogP) is 0.847. The van der Waals surface area contributed by atoms with E-state index in [0.717, 1.165) is 0 Å². The number of aryl methyl sites for hydroxylation is 1. The molecule has 1 N–H and O–H groups in total. The topological polar surface area (TPSA) is 65.0 Å². The summed E-state index contributed by atoms with van der Waals surface area (Å²) in [4.78, 5) is 10.4. The van der Waals surface area contributed by atoms with Crippen LogP contribution in [0.1, 0.15) is 0 Å². The summed E-state index contributed by atoms with van der Waals surface area (Å²) in [6.45, 7) is 0. The zero-order chi connectivity index (χ0) is 11.1. The minimum absolute atomic E-state index is 0.556. The van der Waals surface area contributed by atoms with Crippen LogP contribution in [-0.2, 0) is 7.05 Å². The number of ether oxygens (including phenoxy) is 2. The van der Waals surface area contributed by atoms with E-state index in [1.54, 1.807) is 39.1 Å². The maximum atomic E-state index is 4.80. The molecule has 82 valence electrons. The Morgan fingerprint density at radius 3 is 2.33 bits per heavy atom. The van der Waals surface area contributed by atoms with E-state index < -0.39 is 0 Å². The van der Waals surface area contributed by atoms with Crippen LogP contribution in [0.4, 0.5) is 0 Å². The molecule has 0 radical (unpaired) electrons. The molecule has 0 atom stereocenters. The van der Waals surface area contributed by atoms with E-state index in [1.165, 1.54) is 0 Å². The van der Waals surface area contributed by atoms with Crippen LogP contribution in [0.15, 0.2) is 24.9 Å². The van der Waals surface area contributed by atoms with Crippen molar-refractivity contribution in [3.8, 4) is 11.9 Å². The van der Waals surface area contributed by atoms with Gasteiger partial charge in [0.25, 0.3) is 6.01 Å². The van der Waals surface area contributed by atoms with Gasteiger partial charge in [-0.25, -0.2) is 9.97 Å². The molecule has 6 nitrogen and oxygen atoms in total. The molecule has 0 spiro atoms. The highest BCUT2D eigenvalue weighted by molar-refractivity contribution is 5.01. The van der Waals surface area contributed by atoms with E-state index in [4.69, 9.17) is 4.74 Å². The summed E-state index contributed by atoms with van der Waals surface area (Å²) >= 11 is 0. The van der Waals surface area contributed by atoms with Gasteiger partial charge in [0.1, 0.15) is 0 Å². The second-order valence-electron chi connectivity index (χ2n) is 2.68. The normalized spacial score (nSPS) is 9.00. The molecule has 0 amide bonds. The van der Waals surface area contributed by atoms with E-state index in [9.17, 15) is 0 Å². The lowest BCUT2D eigenvalue weighted by molar-refractivity contribution is 0.384. The molecule has 2 aromatic rings. The van der Waals surface area contributed by atoms with Crippen molar-refractivity contribution in [1.82, 2.24) is 19.5 Å². The number of hydrogen-bond acceptors (Lipinski definition) is 4. The summed E-state index contributed by atoms with van der Waals surface area (Å²) in [5.41, 5.74) is 0. The highest BCUT2D eigenvalue weighted by atomic mass is 16.5. The summed E-state index contributed by atoms with van der Waals surface area (Å²) in [6, 6.07) is 0.556. The zero-order valence-corrected chi connectivity index (χ0v) is 8.97. The Morgan fingerprint density at radius 2 is 2.07 bits per heavy atom. The Bertz CT molecular complexity index is 369. The number of rotatable bonds is 2. The van der Waals surface area contributed by atoms with Gasteiger partial charge in [-0.05, 0) is 0 Å². The maximum Gasteiger partial charge on any atom is 0.293 e. The van der Waals surface area contributed by atoms with Crippen molar-refractivity contribution in [3.05, 3.63) is 24.9 Å². The summed E-state index contributed by atoms with van der Waals surface area (Å²) in [7, 11) is 5.07. The zero-order valence-electron chi connectivity index (χ0n) is 8.97. The lowest BCUT2D eigenvalue weighted by Crippen LogP contribution is -1.81. The highest BCUT2D eigenvalue weighted by Gasteiger charge is 1.89. The number of H-pyrrole nitrogens is 1. The molecular weight excluding hydrogens is 196 g/mol. The average molecular weight is 210 g/mol. The monoisotopic (exact) mass is 210 g/mol. The smallest absolute Gasteiger partial charge is 0.293 e. The van der Waals surface area contributed by atoms with Gasteiger partial charge < -0.3 is 19.0 Å². The Kier molecular flexibility index (Phi) is 4.21. The van der Waals surface area contributed by atoms with Crippen LogP contribution in [0.3, 0.4) is 0 Å². The van der Waals surface area contributed by atoms with Gasteiger partial charge in [0.2, 0.25) is 5.88 Å². The number of methoxy groups -OCH3 is 2. The summed E-state index contributed by atoms with van der Waals surface area (Å²) in [6.07, 6.45) is 6.84. The molecule has 0 aliphatic heterocycles. The Balaban J connectivity index is 0.000000151. The van der Waals surface area contributed by atoms with Gasteiger partial charge >= 0.3 is 0 Å².